The Hall–Kier alpha value is -1.99. The number of hydrogen-bond acceptors (Lipinski definition) is 4. The number of nitrogens with zero attached hydrogens (tertiary/aromatic N) is 2. The molecule has 96 valence electrons. The number of nitrogens with one attached hydrogen (secondary N) is 1. The van der Waals surface area contributed by atoms with E-state index < -0.39 is 4.92 Å². The fourth-order valence-corrected chi connectivity index (χ4v) is 1.79. The first-order valence-electron chi connectivity index (χ1n) is 5.64. The van der Waals surface area contributed by atoms with Crippen LogP contribution in [0.4, 0.5) is 5.69 Å². The van der Waals surface area contributed by atoms with Crippen LogP contribution in [0.1, 0.15) is 5.56 Å². The zero-order chi connectivity index (χ0) is 13.0. The average Bonchev–Trinajstić information content (AvgIpc) is 2.37. The Labute approximate surface area is 104 Å². The summed E-state index contributed by atoms with van der Waals surface area (Å²) in [7, 11) is 0. The maximum absolute atomic E-state index is 11.1. The molecule has 7 nitrogen and oxygen atoms in total. The Balaban J connectivity index is 2.18. The Bertz CT molecular complexity index is 469. The van der Waals surface area contributed by atoms with Crippen LogP contribution in [0.15, 0.2) is 24.7 Å². The number of ether oxygens (including phenoxy) is 1. The van der Waals surface area contributed by atoms with E-state index in [1.165, 1.54) is 17.2 Å². The largest absolute Gasteiger partial charge is 0.619 e. The smallest absolute Gasteiger partial charge is 0.288 e. The van der Waals surface area contributed by atoms with Gasteiger partial charge in [-0.15, -0.1) is 0 Å². The van der Waals surface area contributed by atoms with Crippen LogP contribution in [-0.4, -0.2) is 31.2 Å². The fraction of sp³-hybridized carbons (Fsp3) is 0.364. The molecule has 0 radical (unpaired) electrons. The SMILES string of the molecule is O=[N+]([O-])c1cc[n+]([O-])cc1/C=C/[NH+]1CCOCC1. The van der Waals surface area contributed by atoms with E-state index in [9.17, 15) is 15.3 Å². The van der Waals surface area contributed by atoms with E-state index in [1.807, 2.05) is 6.20 Å². The van der Waals surface area contributed by atoms with Crippen LogP contribution in [0.5, 0.6) is 0 Å². The maximum Gasteiger partial charge on any atom is 0.288 e. The normalized spacial score (nSPS) is 17.1. The summed E-state index contributed by atoms with van der Waals surface area (Å²) in [6.45, 7) is 3.01. The van der Waals surface area contributed by atoms with Crippen molar-refractivity contribution in [2.45, 2.75) is 0 Å². The summed E-state index contributed by atoms with van der Waals surface area (Å²) in [6.07, 6.45) is 5.78. The molecule has 0 spiro atoms. The lowest BCUT2D eigenvalue weighted by molar-refractivity contribution is -0.855. The third-order valence-corrected chi connectivity index (χ3v) is 2.77. The minimum Gasteiger partial charge on any atom is -0.619 e. The van der Waals surface area contributed by atoms with Crippen LogP contribution in [-0.2, 0) is 4.74 Å². The number of nitro groups is 1. The maximum atomic E-state index is 11.1. The molecule has 1 aliphatic heterocycles. The van der Waals surface area contributed by atoms with Crippen molar-refractivity contribution in [2.75, 3.05) is 26.3 Å². The summed E-state index contributed by atoms with van der Waals surface area (Å²) in [5.41, 5.74) is 0.252. The van der Waals surface area contributed by atoms with E-state index in [-0.39, 0.29) is 5.69 Å². The molecule has 1 fully saturated rings. The molecule has 1 N–H and O–H groups in total. The van der Waals surface area contributed by atoms with E-state index >= 15 is 0 Å². The molecule has 0 aromatic carbocycles. The Kier molecular flexibility index (Phi) is 3.85. The lowest BCUT2D eigenvalue weighted by Gasteiger charge is -2.19. The van der Waals surface area contributed by atoms with E-state index in [2.05, 4.69) is 0 Å². The minimum absolute atomic E-state index is 0.0639. The van der Waals surface area contributed by atoms with Gasteiger partial charge in [0.25, 0.3) is 5.69 Å². The molecule has 2 heterocycles. The van der Waals surface area contributed by atoms with Gasteiger partial charge >= 0.3 is 0 Å². The van der Waals surface area contributed by atoms with E-state index in [4.69, 9.17) is 4.74 Å². The van der Waals surface area contributed by atoms with Gasteiger partial charge in [0.1, 0.15) is 18.7 Å². The van der Waals surface area contributed by atoms with Crippen molar-refractivity contribution in [3.63, 3.8) is 0 Å². The first-order valence-corrected chi connectivity index (χ1v) is 5.64. The molecule has 0 unspecified atom stereocenters. The predicted molar refractivity (Wildman–Crippen MR) is 62.6 cm³/mol. The van der Waals surface area contributed by atoms with Gasteiger partial charge in [0.15, 0.2) is 12.4 Å². The van der Waals surface area contributed by atoms with Gasteiger partial charge in [-0.3, -0.25) is 10.1 Å². The highest BCUT2D eigenvalue weighted by molar-refractivity contribution is 5.57. The summed E-state index contributed by atoms with van der Waals surface area (Å²) < 4.78 is 5.77. The van der Waals surface area contributed by atoms with Crippen molar-refractivity contribution in [1.29, 1.82) is 0 Å². The molecule has 18 heavy (non-hydrogen) atoms. The molecule has 1 aliphatic rings. The number of rotatable bonds is 3. The molecule has 0 saturated carbocycles. The third kappa shape index (κ3) is 3.02. The molecule has 0 aliphatic carbocycles. The summed E-state index contributed by atoms with van der Waals surface area (Å²) in [4.78, 5) is 11.5. The van der Waals surface area contributed by atoms with Crippen LogP contribution >= 0.6 is 0 Å². The van der Waals surface area contributed by atoms with Crippen molar-refractivity contribution in [3.8, 4) is 0 Å². The molecule has 1 aromatic heterocycles. The number of aromatic nitrogens is 1. The van der Waals surface area contributed by atoms with Crippen LogP contribution in [0.2, 0.25) is 0 Å². The van der Waals surface area contributed by atoms with Gasteiger partial charge in [0, 0.05) is 6.08 Å². The first kappa shape index (κ1) is 12.5. The van der Waals surface area contributed by atoms with Crippen LogP contribution < -0.4 is 9.63 Å². The topological polar surface area (TPSA) is 83.8 Å². The lowest BCUT2D eigenvalue weighted by Crippen LogP contribution is -3.09. The molecule has 0 bridgehead atoms. The molecule has 0 amide bonds. The monoisotopic (exact) mass is 252 g/mol. The van der Waals surface area contributed by atoms with Crippen molar-refractivity contribution >= 4 is 11.8 Å². The highest BCUT2D eigenvalue weighted by atomic mass is 16.6. The Morgan fingerprint density at radius 3 is 2.83 bits per heavy atom. The van der Waals surface area contributed by atoms with Gasteiger partial charge in [-0.1, -0.05) is 0 Å². The zero-order valence-electron chi connectivity index (χ0n) is 9.74. The second kappa shape index (κ2) is 5.56. The van der Waals surface area contributed by atoms with Gasteiger partial charge in [-0.05, 0) is 0 Å². The molecule has 1 saturated heterocycles. The standard InChI is InChI=1S/C11H13N3O4/c15-13-4-2-11(14(16)17)10(9-13)1-3-12-5-7-18-8-6-12/h1-4,9H,5-8H2/p+1/b3-1+. The fourth-order valence-electron chi connectivity index (χ4n) is 1.79. The third-order valence-electron chi connectivity index (χ3n) is 2.77. The average molecular weight is 252 g/mol. The van der Waals surface area contributed by atoms with Crippen molar-refractivity contribution in [1.82, 2.24) is 0 Å². The van der Waals surface area contributed by atoms with Crippen molar-refractivity contribution in [3.05, 3.63) is 45.5 Å². The van der Waals surface area contributed by atoms with Gasteiger partial charge < -0.3 is 14.8 Å². The highest BCUT2D eigenvalue weighted by Gasteiger charge is 2.16. The molecular weight excluding hydrogens is 238 g/mol. The van der Waals surface area contributed by atoms with E-state index in [0.29, 0.717) is 23.5 Å². The van der Waals surface area contributed by atoms with Gasteiger partial charge in [0.05, 0.1) is 30.4 Å². The number of quaternary nitrogens is 1. The first-order chi connectivity index (χ1) is 8.66. The van der Waals surface area contributed by atoms with Crippen LogP contribution in [0.3, 0.4) is 0 Å². The van der Waals surface area contributed by atoms with Crippen molar-refractivity contribution < 1.29 is 19.3 Å². The van der Waals surface area contributed by atoms with Gasteiger partial charge in [-0.25, -0.2) is 0 Å². The van der Waals surface area contributed by atoms with E-state index in [0.717, 1.165) is 19.3 Å². The number of pyridine rings is 1. The molecular formula is C11H14N3O4+. The predicted octanol–water partition coefficient (Wildman–Crippen LogP) is -0.886. The zero-order valence-corrected chi connectivity index (χ0v) is 9.74. The number of hydrogen-bond donors (Lipinski definition) is 1. The Morgan fingerprint density at radius 2 is 2.17 bits per heavy atom. The summed E-state index contributed by atoms with van der Waals surface area (Å²) in [5.74, 6) is 0. The summed E-state index contributed by atoms with van der Waals surface area (Å²) in [5, 5.41) is 22.0. The van der Waals surface area contributed by atoms with Crippen molar-refractivity contribution in [2.24, 2.45) is 0 Å². The second-order valence-corrected chi connectivity index (χ2v) is 4.01. The molecule has 7 heteroatoms. The van der Waals surface area contributed by atoms with Crippen LogP contribution in [0, 0.1) is 15.3 Å². The second-order valence-electron chi connectivity index (χ2n) is 4.01. The molecule has 0 atom stereocenters. The highest BCUT2D eigenvalue weighted by Crippen LogP contribution is 2.16. The minimum atomic E-state index is -0.492. The summed E-state index contributed by atoms with van der Waals surface area (Å²) >= 11 is 0. The van der Waals surface area contributed by atoms with Gasteiger partial charge in [-0.2, -0.15) is 4.73 Å². The quantitative estimate of drug-likeness (QED) is 0.327. The van der Waals surface area contributed by atoms with Crippen LogP contribution in [0.25, 0.3) is 6.08 Å². The summed E-state index contributed by atoms with van der Waals surface area (Å²) in [6, 6.07) is 1.21. The molecule has 2 rings (SSSR count). The number of morpholine rings is 1. The van der Waals surface area contributed by atoms with E-state index in [1.54, 1.807) is 6.08 Å². The Morgan fingerprint density at radius 1 is 1.44 bits per heavy atom. The lowest BCUT2D eigenvalue weighted by atomic mass is 10.2. The van der Waals surface area contributed by atoms with Gasteiger partial charge in [0.2, 0.25) is 0 Å². The molecule has 1 aromatic rings.